The molecule has 1 heterocycles. The van der Waals surface area contributed by atoms with Gasteiger partial charge in [-0.3, -0.25) is 9.78 Å². The number of ether oxygens (including phenoxy) is 1. The SMILES string of the molecule is CC(C)COc1cccc(/C=N/Nc2nnc(C(C)(C)C)c(=O)[nH]2)c1. The smallest absolute Gasteiger partial charge is 0.274 e. The molecule has 0 saturated carbocycles. The van der Waals surface area contributed by atoms with E-state index in [2.05, 4.69) is 39.6 Å². The van der Waals surface area contributed by atoms with E-state index in [1.165, 1.54) is 0 Å². The molecule has 25 heavy (non-hydrogen) atoms. The van der Waals surface area contributed by atoms with E-state index < -0.39 is 0 Å². The number of rotatable bonds is 6. The van der Waals surface area contributed by atoms with Crippen molar-refractivity contribution in [2.24, 2.45) is 11.0 Å². The Morgan fingerprint density at radius 3 is 2.72 bits per heavy atom. The average molecular weight is 343 g/mol. The van der Waals surface area contributed by atoms with Gasteiger partial charge in [0.05, 0.1) is 12.8 Å². The largest absolute Gasteiger partial charge is 0.493 e. The van der Waals surface area contributed by atoms with Crippen molar-refractivity contribution >= 4 is 12.2 Å². The molecule has 0 aliphatic carbocycles. The Bertz CT molecular complexity index is 791. The summed E-state index contributed by atoms with van der Waals surface area (Å²) in [5.41, 5.74) is 3.30. The first-order chi connectivity index (χ1) is 11.8. The second kappa shape index (κ2) is 7.92. The molecule has 2 aromatic rings. The highest BCUT2D eigenvalue weighted by molar-refractivity contribution is 5.80. The van der Waals surface area contributed by atoms with Crippen LogP contribution in [0.15, 0.2) is 34.2 Å². The molecule has 0 bridgehead atoms. The maximum Gasteiger partial charge on any atom is 0.274 e. The molecule has 0 radical (unpaired) electrons. The van der Waals surface area contributed by atoms with Crippen LogP contribution in [0.5, 0.6) is 5.75 Å². The Labute approximate surface area is 147 Å². The van der Waals surface area contributed by atoms with Crippen molar-refractivity contribution in [3.63, 3.8) is 0 Å². The third kappa shape index (κ3) is 5.70. The van der Waals surface area contributed by atoms with Gasteiger partial charge in [-0.15, -0.1) is 10.2 Å². The number of hydrazone groups is 1. The maximum absolute atomic E-state index is 12.0. The molecular weight excluding hydrogens is 318 g/mol. The zero-order valence-electron chi connectivity index (χ0n) is 15.3. The van der Waals surface area contributed by atoms with Gasteiger partial charge in [-0.25, -0.2) is 5.43 Å². The fourth-order valence-corrected chi connectivity index (χ4v) is 1.99. The van der Waals surface area contributed by atoms with E-state index in [9.17, 15) is 4.79 Å². The van der Waals surface area contributed by atoms with Crippen molar-refractivity contribution in [2.75, 3.05) is 12.0 Å². The first-order valence-corrected chi connectivity index (χ1v) is 8.25. The van der Waals surface area contributed by atoms with Gasteiger partial charge in [-0.05, 0) is 23.6 Å². The van der Waals surface area contributed by atoms with Crippen LogP contribution in [0.2, 0.25) is 0 Å². The molecule has 7 heteroatoms. The monoisotopic (exact) mass is 343 g/mol. The maximum atomic E-state index is 12.0. The van der Waals surface area contributed by atoms with Gasteiger partial charge in [0.1, 0.15) is 11.4 Å². The third-order valence-corrected chi connectivity index (χ3v) is 3.23. The zero-order chi connectivity index (χ0) is 18.4. The van der Waals surface area contributed by atoms with Crippen molar-refractivity contribution in [1.29, 1.82) is 0 Å². The van der Waals surface area contributed by atoms with Crippen LogP contribution >= 0.6 is 0 Å². The van der Waals surface area contributed by atoms with Crippen LogP contribution in [0.4, 0.5) is 5.95 Å². The van der Waals surface area contributed by atoms with Gasteiger partial charge in [0.25, 0.3) is 5.56 Å². The number of hydrogen-bond donors (Lipinski definition) is 2. The number of nitrogens with one attached hydrogen (secondary N) is 2. The molecule has 2 N–H and O–H groups in total. The number of aromatic amines is 1. The zero-order valence-corrected chi connectivity index (χ0v) is 15.3. The van der Waals surface area contributed by atoms with Gasteiger partial charge in [0.2, 0.25) is 5.95 Å². The quantitative estimate of drug-likeness (QED) is 0.621. The highest BCUT2D eigenvalue weighted by Crippen LogP contribution is 2.15. The summed E-state index contributed by atoms with van der Waals surface area (Å²) in [4.78, 5) is 14.7. The predicted molar refractivity (Wildman–Crippen MR) is 99.3 cm³/mol. The summed E-state index contributed by atoms with van der Waals surface area (Å²) in [5.74, 6) is 1.45. The van der Waals surface area contributed by atoms with E-state index >= 15 is 0 Å². The predicted octanol–water partition coefficient (Wildman–Crippen LogP) is 2.94. The molecule has 0 atom stereocenters. The summed E-state index contributed by atoms with van der Waals surface area (Å²) in [6.45, 7) is 10.6. The van der Waals surface area contributed by atoms with Crippen molar-refractivity contribution in [3.8, 4) is 5.75 Å². The van der Waals surface area contributed by atoms with Crippen LogP contribution in [0.1, 0.15) is 45.9 Å². The molecule has 0 amide bonds. The highest BCUT2D eigenvalue weighted by Gasteiger charge is 2.20. The van der Waals surface area contributed by atoms with E-state index in [0.29, 0.717) is 18.2 Å². The first-order valence-electron chi connectivity index (χ1n) is 8.25. The van der Waals surface area contributed by atoms with Crippen LogP contribution in [0.3, 0.4) is 0 Å². The number of nitrogens with zero attached hydrogens (tertiary/aromatic N) is 3. The topological polar surface area (TPSA) is 92.3 Å². The Kier molecular flexibility index (Phi) is 5.90. The molecule has 0 saturated heterocycles. The standard InChI is InChI=1S/C18H25N5O2/c1-12(2)11-25-14-8-6-7-13(9-14)10-19-22-17-20-16(24)15(21-23-17)18(3,4)5/h6-10,12H,11H2,1-5H3,(H2,20,22,23,24)/b19-10+. The van der Waals surface area contributed by atoms with Gasteiger partial charge in [0.15, 0.2) is 0 Å². The van der Waals surface area contributed by atoms with Crippen LogP contribution in [-0.2, 0) is 5.41 Å². The molecule has 134 valence electrons. The molecule has 2 rings (SSSR count). The van der Waals surface area contributed by atoms with E-state index in [4.69, 9.17) is 4.74 Å². The molecular formula is C18H25N5O2. The molecule has 0 aliphatic rings. The number of anilines is 1. The van der Waals surface area contributed by atoms with Crippen molar-refractivity contribution in [3.05, 3.63) is 45.9 Å². The normalized spacial score (nSPS) is 11.9. The molecule has 7 nitrogen and oxygen atoms in total. The Morgan fingerprint density at radius 2 is 2.08 bits per heavy atom. The van der Waals surface area contributed by atoms with Gasteiger partial charge in [-0.2, -0.15) is 5.10 Å². The van der Waals surface area contributed by atoms with Crippen LogP contribution in [-0.4, -0.2) is 28.0 Å². The first kappa shape index (κ1) is 18.6. The van der Waals surface area contributed by atoms with Crippen LogP contribution in [0, 0.1) is 5.92 Å². The highest BCUT2D eigenvalue weighted by atomic mass is 16.5. The Morgan fingerprint density at radius 1 is 1.32 bits per heavy atom. The summed E-state index contributed by atoms with van der Waals surface area (Å²) in [6.07, 6.45) is 1.62. The number of aromatic nitrogens is 3. The lowest BCUT2D eigenvalue weighted by atomic mass is 9.93. The summed E-state index contributed by atoms with van der Waals surface area (Å²) in [5, 5.41) is 12.0. The average Bonchev–Trinajstić information content (AvgIpc) is 2.52. The minimum atomic E-state index is -0.362. The van der Waals surface area contributed by atoms with Gasteiger partial charge >= 0.3 is 0 Å². The lowest BCUT2D eigenvalue weighted by Crippen LogP contribution is -2.28. The van der Waals surface area contributed by atoms with E-state index in [1.807, 2.05) is 45.0 Å². The second-order valence-corrected chi connectivity index (χ2v) is 7.25. The minimum Gasteiger partial charge on any atom is -0.493 e. The van der Waals surface area contributed by atoms with Crippen molar-refractivity contribution < 1.29 is 4.74 Å². The molecule has 0 fully saturated rings. The molecule has 1 aromatic heterocycles. The minimum absolute atomic E-state index is 0.196. The number of hydrogen-bond acceptors (Lipinski definition) is 6. The summed E-state index contributed by atoms with van der Waals surface area (Å²) >= 11 is 0. The van der Waals surface area contributed by atoms with E-state index in [1.54, 1.807) is 6.21 Å². The van der Waals surface area contributed by atoms with Gasteiger partial charge < -0.3 is 4.74 Å². The lowest BCUT2D eigenvalue weighted by molar-refractivity contribution is 0.271. The van der Waals surface area contributed by atoms with Gasteiger partial charge in [-0.1, -0.05) is 46.8 Å². The van der Waals surface area contributed by atoms with Crippen LogP contribution < -0.4 is 15.7 Å². The third-order valence-electron chi connectivity index (χ3n) is 3.23. The Balaban J connectivity index is 2.03. The van der Waals surface area contributed by atoms with Gasteiger partial charge in [0, 0.05) is 5.41 Å². The van der Waals surface area contributed by atoms with E-state index in [0.717, 1.165) is 11.3 Å². The summed E-state index contributed by atoms with van der Waals surface area (Å²) < 4.78 is 5.68. The van der Waals surface area contributed by atoms with Crippen molar-refractivity contribution in [1.82, 2.24) is 15.2 Å². The van der Waals surface area contributed by atoms with Crippen LogP contribution in [0.25, 0.3) is 0 Å². The molecule has 0 aliphatic heterocycles. The molecule has 0 spiro atoms. The number of H-pyrrole nitrogens is 1. The van der Waals surface area contributed by atoms with Crippen molar-refractivity contribution in [2.45, 2.75) is 40.0 Å². The fraction of sp³-hybridized carbons (Fsp3) is 0.444. The summed E-state index contributed by atoms with van der Waals surface area (Å²) in [6, 6.07) is 7.60. The summed E-state index contributed by atoms with van der Waals surface area (Å²) in [7, 11) is 0. The lowest BCUT2D eigenvalue weighted by Gasteiger charge is -2.15. The van der Waals surface area contributed by atoms with E-state index in [-0.39, 0.29) is 16.9 Å². The molecule has 1 aromatic carbocycles. The fourth-order valence-electron chi connectivity index (χ4n) is 1.99. The second-order valence-electron chi connectivity index (χ2n) is 7.25. The molecule has 0 unspecified atom stereocenters. The number of benzene rings is 1. The Hall–Kier alpha value is -2.70.